The number of carbonyl (C=O) groups is 1. The first kappa shape index (κ1) is 12.1. The average Bonchev–Trinajstić information content (AvgIpc) is 2.72. The third-order valence-electron chi connectivity index (χ3n) is 2.39. The maximum atomic E-state index is 11.0. The molecule has 0 saturated carbocycles. The van der Waals surface area contributed by atoms with E-state index in [1.807, 2.05) is 31.2 Å². The molecule has 1 heterocycles. The van der Waals surface area contributed by atoms with Gasteiger partial charge in [0.05, 0.1) is 6.54 Å². The zero-order chi connectivity index (χ0) is 13.0. The molecule has 0 aliphatic heterocycles. The summed E-state index contributed by atoms with van der Waals surface area (Å²) in [4.78, 5) is 11.0. The number of aryl methyl sites for hydroxylation is 1. The Morgan fingerprint density at radius 1 is 1.33 bits per heavy atom. The van der Waals surface area contributed by atoms with Gasteiger partial charge in [-0.05, 0) is 25.1 Å². The van der Waals surface area contributed by atoms with Crippen LogP contribution in [0.5, 0.6) is 0 Å². The van der Waals surface area contributed by atoms with Gasteiger partial charge in [-0.25, -0.2) is 4.63 Å². The lowest BCUT2D eigenvalue weighted by atomic mass is 10.2. The Balaban J connectivity index is 2.01. The Morgan fingerprint density at radius 2 is 2.11 bits per heavy atom. The minimum Gasteiger partial charge on any atom is -0.379 e. The molecule has 0 aliphatic carbocycles. The molecular formula is C12H14N4O2. The molecule has 0 saturated heterocycles. The van der Waals surface area contributed by atoms with Crippen molar-refractivity contribution in [2.24, 2.45) is 0 Å². The van der Waals surface area contributed by atoms with E-state index in [-0.39, 0.29) is 5.91 Å². The monoisotopic (exact) mass is 246 g/mol. The molecule has 0 bridgehead atoms. The molecule has 6 nitrogen and oxygen atoms in total. The van der Waals surface area contributed by atoms with Gasteiger partial charge in [0.1, 0.15) is 11.4 Å². The Kier molecular flexibility index (Phi) is 3.57. The van der Waals surface area contributed by atoms with Crippen LogP contribution in [-0.2, 0) is 11.3 Å². The number of hydrogen-bond donors (Lipinski definition) is 2. The van der Waals surface area contributed by atoms with Crippen LogP contribution in [-0.4, -0.2) is 16.2 Å². The molecule has 0 atom stereocenters. The van der Waals surface area contributed by atoms with E-state index in [0.717, 1.165) is 22.8 Å². The summed E-state index contributed by atoms with van der Waals surface area (Å²) in [5.74, 6) is -0.0938. The van der Waals surface area contributed by atoms with Crippen LogP contribution in [0, 0.1) is 6.92 Å². The van der Waals surface area contributed by atoms with Gasteiger partial charge in [0.2, 0.25) is 5.91 Å². The highest BCUT2D eigenvalue weighted by Crippen LogP contribution is 2.16. The number of aromatic nitrogens is 2. The largest absolute Gasteiger partial charge is 0.379 e. The first-order valence-electron chi connectivity index (χ1n) is 5.54. The van der Waals surface area contributed by atoms with Gasteiger partial charge in [-0.3, -0.25) is 4.79 Å². The average molecular weight is 246 g/mol. The van der Waals surface area contributed by atoms with E-state index in [4.69, 9.17) is 0 Å². The van der Waals surface area contributed by atoms with Crippen LogP contribution in [0.3, 0.4) is 0 Å². The number of amides is 1. The van der Waals surface area contributed by atoms with E-state index in [1.54, 1.807) is 0 Å². The van der Waals surface area contributed by atoms with Gasteiger partial charge in [-0.2, -0.15) is 0 Å². The maximum Gasteiger partial charge on any atom is 0.221 e. The van der Waals surface area contributed by atoms with Crippen LogP contribution in [0.15, 0.2) is 28.9 Å². The first-order chi connectivity index (χ1) is 8.65. The van der Waals surface area contributed by atoms with Crippen molar-refractivity contribution in [3.05, 3.63) is 35.7 Å². The molecule has 6 heteroatoms. The van der Waals surface area contributed by atoms with Gasteiger partial charge in [0, 0.05) is 18.3 Å². The summed E-state index contributed by atoms with van der Waals surface area (Å²) in [5, 5.41) is 13.4. The van der Waals surface area contributed by atoms with Crippen molar-refractivity contribution in [2.45, 2.75) is 20.4 Å². The zero-order valence-electron chi connectivity index (χ0n) is 10.2. The van der Waals surface area contributed by atoms with Gasteiger partial charge in [0.25, 0.3) is 0 Å². The highest BCUT2D eigenvalue weighted by molar-refractivity contribution is 5.89. The molecule has 2 rings (SSSR count). The molecule has 0 radical (unpaired) electrons. The smallest absolute Gasteiger partial charge is 0.221 e. The SMILES string of the molecule is CC(=O)Nc1cccc(NCc2nonc2C)c1. The van der Waals surface area contributed by atoms with Crippen molar-refractivity contribution in [2.75, 3.05) is 10.6 Å². The maximum absolute atomic E-state index is 11.0. The second-order valence-corrected chi connectivity index (χ2v) is 3.91. The molecule has 2 aromatic rings. The second kappa shape index (κ2) is 5.31. The standard InChI is InChI=1S/C12H14N4O2/c1-8-12(16-18-15-8)7-13-10-4-3-5-11(6-10)14-9(2)17/h3-6,13H,7H2,1-2H3,(H,14,17). The number of anilines is 2. The van der Waals surface area contributed by atoms with Gasteiger partial charge in [0.15, 0.2) is 0 Å². The molecule has 0 unspecified atom stereocenters. The van der Waals surface area contributed by atoms with E-state index in [0.29, 0.717) is 6.54 Å². The summed E-state index contributed by atoms with van der Waals surface area (Å²) in [6.07, 6.45) is 0. The number of hydrogen-bond acceptors (Lipinski definition) is 5. The molecule has 94 valence electrons. The summed E-state index contributed by atoms with van der Waals surface area (Å²) in [6, 6.07) is 7.45. The van der Waals surface area contributed by atoms with Crippen LogP contribution in [0.1, 0.15) is 18.3 Å². The van der Waals surface area contributed by atoms with Gasteiger partial charge < -0.3 is 10.6 Å². The van der Waals surface area contributed by atoms with E-state index in [1.165, 1.54) is 6.92 Å². The Labute approximate surface area is 104 Å². The molecule has 1 aromatic heterocycles. The number of nitrogens with one attached hydrogen (secondary N) is 2. The predicted octanol–water partition coefficient (Wildman–Crippen LogP) is 1.95. The summed E-state index contributed by atoms with van der Waals surface area (Å²) < 4.78 is 4.61. The van der Waals surface area contributed by atoms with Crippen LogP contribution in [0.25, 0.3) is 0 Å². The Morgan fingerprint density at radius 3 is 2.78 bits per heavy atom. The van der Waals surface area contributed by atoms with Crippen molar-refractivity contribution < 1.29 is 9.42 Å². The predicted molar refractivity (Wildman–Crippen MR) is 67.1 cm³/mol. The quantitative estimate of drug-likeness (QED) is 0.861. The number of carbonyl (C=O) groups excluding carboxylic acids is 1. The summed E-state index contributed by atoms with van der Waals surface area (Å²) in [5.41, 5.74) is 3.17. The van der Waals surface area contributed by atoms with Crippen molar-refractivity contribution in [1.29, 1.82) is 0 Å². The van der Waals surface area contributed by atoms with E-state index in [2.05, 4.69) is 25.6 Å². The Bertz CT molecular complexity index is 551. The molecule has 0 spiro atoms. The second-order valence-electron chi connectivity index (χ2n) is 3.91. The van der Waals surface area contributed by atoms with E-state index >= 15 is 0 Å². The lowest BCUT2D eigenvalue weighted by molar-refractivity contribution is -0.114. The van der Waals surface area contributed by atoms with Gasteiger partial charge >= 0.3 is 0 Å². The summed E-state index contributed by atoms with van der Waals surface area (Å²) >= 11 is 0. The number of nitrogens with zero attached hydrogens (tertiary/aromatic N) is 2. The van der Waals surface area contributed by atoms with Crippen molar-refractivity contribution in [3.8, 4) is 0 Å². The third-order valence-corrected chi connectivity index (χ3v) is 2.39. The summed E-state index contributed by atoms with van der Waals surface area (Å²) in [7, 11) is 0. The van der Waals surface area contributed by atoms with Crippen LogP contribution in [0.2, 0.25) is 0 Å². The Hall–Kier alpha value is -2.37. The molecule has 1 aromatic carbocycles. The molecule has 18 heavy (non-hydrogen) atoms. The van der Waals surface area contributed by atoms with Crippen LogP contribution < -0.4 is 10.6 Å². The van der Waals surface area contributed by atoms with Crippen LogP contribution >= 0.6 is 0 Å². The summed E-state index contributed by atoms with van der Waals surface area (Å²) in [6.45, 7) is 3.84. The lowest BCUT2D eigenvalue weighted by Gasteiger charge is -2.07. The van der Waals surface area contributed by atoms with E-state index < -0.39 is 0 Å². The van der Waals surface area contributed by atoms with Crippen LogP contribution in [0.4, 0.5) is 11.4 Å². The topological polar surface area (TPSA) is 80.0 Å². The van der Waals surface area contributed by atoms with Crippen molar-refractivity contribution in [1.82, 2.24) is 10.3 Å². The third kappa shape index (κ3) is 3.07. The first-order valence-corrected chi connectivity index (χ1v) is 5.54. The minimum atomic E-state index is -0.0938. The van der Waals surface area contributed by atoms with Crippen molar-refractivity contribution >= 4 is 17.3 Å². The zero-order valence-corrected chi connectivity index (χ0v) is 10.2. The molecule has 0 aliphatic rings. The molecule has 2 N–H and O–H groups in total. The fourth-order valence-corrected chi connectivity index (χ4v) is 1.51. The molecular weight excluding hydrogens is 232 g/mol. The molecule has 1 amide bonds. The fourth-order valence-electron chi connectivity index (χ4n) is 1.51. The van der Waals surface area contributed by atoms with Crippen molar-refractivity contribution in [3.63, 3.8) is 0 Å². The van der Waals surface area contributed by atoms with Gasteiger partial charge in [-0.1, -0.05) is 16.4 Å². The highest BCUT2D eigenvalue weighted by Gasteiger charge is 2.04. The molecule has 0 fully saturated rings. The van der Waals surface area contributed by atoms with E-state index in [9.17, 15) is 4.79 Å². The van der Waals surface area contributed by atoms with Gasteiger partial charge in [-0.15, -0.1) is 0 Å². The number of benzene rings is 1. The lowest BCUT2D eigenvalue weighted by Crippen LogP contribution is -2.06. The number of rotatable bonds is 4. The fraction of sp³-hybridized carbons (Fsp3) is 0.250. The normalized spacial score (nSPS) is 10.1. The minimum absolute atomic E-state index is 0.0938. The highest BCUT2D eigenvalue weighted by atomic mass is 16.6.